The maximum Gasteiger partial charge on any atom is 0.323 e. The summed E-state index contributed by atoms with van der Waals surface area (Å²) in [6, 6.07) is 25.0. The quantitative estimate of drug-likeness (QED) is 0.0824. The number of nitrogens with one attached hydrogen (secondary N) is 5. The molecule has 8 aromatic rings. The minimum atomic E-state index is -0.743. The zero-order chi connectivity index (χ0) is 47.2. The molecule has 0 fully saturated rings. The largest absolute Gasteiger partial charge is 0.384 e. The Morgan fingerprint density at radius 2 is 1.18 bits per heavy atom. The number of nitrogen functional groups attached to an aromatic ring is 1. The molecule has 0 saturated carbocycles. The second-order valence-electron chi connectivity index (χ2n) is 14.8. The summed E-state index contributed by atoms with van der Waals surface area (Å²) in [7, 11) is 1.75. The van der Waals surface area contributed by atoms with Gasteiger partial charge in [-0.05, 0) is 98.6 Å². The Morgan fingerprint density at radius 3 is 1.79 bits per heavy atom. The van der Waals surface area contributed by atoms with Crippen molar-refractivity contribution in [1.29, 1.82) is 0 Å². The molecular weight excluding hydrogens is 917 g/mol. The first-order valence-electron chi connectivity index (χ1n) is 20.4. The summed E-state index contributed by atoms with van der Waals surface area (Å²) < 4.78 is 46.3. The summed E-state index contributed by atoms with van der Waals surface area (Å²) in [6.07, 6.45) is 3.25. The van der Waals surface area contributed by atoms with Crippen LogP contribution in [0.3, 0.4) is 0 Å². The molecule has 0 radical (unpaired) electrons. The van der Waals surface area contributed by atoms with Crippen LogP contribution < -0.4 is 43.4 Å². The van der Waals surface area contributed by atoms with Crippen molar-refractivity contribution in [3.8, 4) is 22.3 Å². The number of aryl methyl sites for hydroxylation is 3. The van der Waals surface area contributed by atoms with Crippen LogP contribution in [-0.2, 0) is 13.1 Å². The number of aromatic nitrogens is 4. The number of carbonyl (C=O) groups is 2. The molecule has 0 saturated heterocycles. The van der Waals surface area contributed by atoms with E-state index in [2.05, 4.69) is 52.5 Å². The van der Waals surface area contributed by atoms with E-state index in [-0.39, 0.29) is 28.2 Å². The Labute approximate surface area is 383 Å². The summed E-state index contributed by atoms with van der Waals surface area (Å²) in [6.45, 7) is 6.25. The number of pyridine rings is 4. The topological polar surface area (TPSA) is 190 Å². The SMILES string of the molecule is CCn1c(=O)c(-c2cc(NC(=O)Nc3cccc(F)c3)c(F)cc2C)cc2cnc(NC)cc21.CCn1c(=O)c(-c2cc(NC(=O)Nc3ccccc3)c(F)cc2Br)cc2cnc(N)cc21. The van der Waals surface area contributed by atoms with E-state index in [0.717, 1.165) is 17.0 Å². The number of halogens is 4. The number of amides is 4. The molecule has 4 aromatic heterocycles. The van der Waals surface area contributed by atoms with Crippen LogP contribution in [0.2, 0.25) is 0 Å². The van der Waals surface area contributed by atoms with Crippen molar-refractivity contribution in [3.63, 3.8) is 0 Å². The van der Waals surface area contributed by atoms with Gasteiger partial charge in [0.2, 0.25) is 0 Å². The van der Waals surface area contributed by atoms with E-state index < -0.39 is 29.5 Å². The van der Waals surface area contributed by atoms with Crippen LogP contribution in [0.1, 0.15) is 19.4 Å². The van der Waals surface area contributed by atoms with Gasteiger partial charge in [-0.1, -0.05) is 40.2 Å². The van der Waals surface area contributed by atoms with E-state index in [1.807, 2.05) is 19.9 Å². The Morgan fingerprint density at radius 1 is 0.636 bits per heavy atom. The third-order valence-corrected chi connectivity index (χ3v) is 11.1. The van der Waals surface area contributed by atoms with Crippen LogP contribution in [0.25, 0.3) is 44.1 Å². The summed E-state index contributed by atoms with van der Waals surface area (Å²) in [4.78, 5) is 59.8. The predicted octanol–water partition coefficient (Wildman–Crippen LogP) is 10.6. The average Bonchev–Trinajstić information content (AvgIpc) is 3.28. The van der Waals surface area contributed by atoms with Gasteiger partial charge in [-0.3, -0.25) is 9.59 Å². The number of rotatable bonds is 9. The zero-order valence-electron chi connectivity index (χ0n) is 35.9. The van der Waals surface area contributed by atoms with Crippen LogP contribution in [0.4, 0.5) is 57.1 Å². The fraction of sp³-hybridized carbons (Fsp3) is 0.125. The minimum Gasteiger partial charge on any atom is -0.384 e. The van der Waals surface area contributed by atoms with Crippen molar-refractivity contribution in [2.24, 2.45) is 0 Å². The van der Waals surface area contributed by atoms with Crippen molar-refractivity contribution < 1.29 is 22.8 Å². The lowest BCUT2D eigenvalue weighted by atomic mass is 9.99. The molecule has 0 aliphatic rings. The molecule has 8 rings (SSSR count). The van der Waals surface area contributed by atoms with Gasteiger partial charge in [0, 0.05) is 88.0 Å². The van der Waals surface area contributed by atoms with Crippen LogP contribution >= 0.6 is 15.9 Å². The molecule has 14 nitrogen and oxygen atoms in total. The maximum absolute atomic E-state index is 14.7. The highest BCUT2D eigenvalue weighted by atomic mass is 79.9. The summed E-state index contributed by atoms with van der Waals surface area (Å²) in [5.74, 6) is -0.870. The van der Waals surface area contributed by atoms with Crippen molar-refractivity contribution in [2.75, 3.05) is 39.4 Å². The number of benzene rings is 4. The first-order valence-corrected chi connectivity index (χ1v) is 21.2. The molecule has 7 N–H and O–H groups in total. The second kappa shape index (κ2) is 19.8. The van der Waals surface area contributed by atoms with Gasteiger partial charge in [-0.25, -0.2) is 32.7 Å². The average molecular weight is 960 g/mol. The monoisotopic (exact) mass is 958 g/mol. The number of nitrogens with two attached hydrogens (primary N) is 1. The van der Waals surface area contributed by atoms with Gasteiger partial charge in [0.05, 0.1) is 22.4 Å². The molecule has 4 aromatic carbocycles. The summed E-state index contributed by atoms with van der Waals surface area (Å²) in [5.41, 5.74) is 9.43. The van der Waals surface area contributed by atoms with E-state index in [1.54, 1.807) is 84.0 Å². The number of fused-ring (bicyclic) bond motifs is 2. The Balaban J connectivity index is 0.000000197. The van der Waals surface area contributed by atoms with Crippen molar-refractivity contribution in [1.82, 2.24) is 19.1 Å². The molecule has 4 amide bonds. The second-order valence-corrected chi connectivity index (χ2v) is 15.6. The Hall–Kier alpha value is -7.99. The highest BCUT2D eigenvalue weighted by Gasteiger charge is 2.19. The number of carbonyl (C=O) groups excluding carboxylic acids is 2. The Kier molecular flexibility index (Phi) is 13.8. The number of nitrogens with zero attached hydrogens (tertiary/aromatic N) is 4. The fourth-order valence-corrected chi connectivity index (χ4v) is 7.81. The lowest BCUT2D eigenvalue weighted by Crippen LogP contribution is -2.22. The van der Waals surface area contributed by atoms with E-state index >= 15 is 0 Å². The molecule has 0 unspecified atom stereocenters. The molecule has 4 heterocycles. The number of hydrogen-bond acceptors (Lipinski definition) is 8. The van der Waals surface area contributed by atoms with Crippen LogP contribution in [0, 0.1) is 24.4 Å². The molecule has 336 valence electrons. The molecule has 0 aliphatic heterocycles. The van der Waals surface area contributed by atoms with E-state index in [1.165, 1.54) is 42.5 Å². The smallest absolute Gasteiger partial charge is 0.323 e. The van der Waals surface area contributed by atoms with Crippen molar-refractivity contribution in [2.45, 2.75) is 33.9 Å². The lowest BCUT2D eigenvalue weighted by molar-refractivity contribution is 0.261. The third kappa shape index (κ3) is 10.0. The predicted molar refractivity (Wildman–Crippen MR) is 259 cm³/mol. The number of para-hydroxylation sites is 1. The first-order chi connectivity index (χ1) is 31.7. The summed E-state index contributed by atoms with van der Waals surface area (Å²) in [5, 5.41) is 14.5. The normalized spacial score (nSPS) is 10.8. The summed E-state index contributed by atoms with van der Waals surface area (Å²) >= 11 is 3.34. The first kappa shape index (κ1) is 46.0. The highest BCUT2D eigenvalue weighted by molar-refractivity contribution is 9.10. The van der Waals surface area contributed by atoms with Gasteiger partial charge in [0.15, 0.2) is 0 Å². The Bertz CT molecular complexity index is 3290. The van der Waals surface area contributed by atoms with E-state index in [0.29, 0.717) is 73.6 Å². The van der Waals surface area contributed by atoms with Crippen molar-refractivity contribution in [3.05, 3.63) is 164 Å². The maximum atomic E-state index is 14.7. The van der Waals surface area contributed by atoms with Crippen LogP contribution in [0.15, 0.2) is 130 Å². The van der Waals surface area contributed by atoms with E-state index in [9.17, 15) is 32.3 Å². The number of urea groups is 2. The third-order valence-electron chi connectivity index (χ3n) is 10.4. The molecular formula is C48H42BrF3N10O4. The minimum absolute atomic E-state index is 0.0605. The van der Waals surface area contributed by atoms with Gasteiger partial charge < -0.3 is 41.5 Å². The highest BCUT2D eigenvalue weighted by Crippen LogP contribution is 2.34. The molecule has 66 heavy (non-hydrogen) atoms. The van der Waals surface area contributed by atoms with E-state index in [4.69, 9.17) is 5.73 Å². The van der Waals surface area contributed by atoms with Crippen LogP contribution in [0.5, 0.6) is 0 Å². The number of anilines is 6. The van der Waals surface area contributed by atoms with Crippen LogP contribution in [-0.4, -0.2) is 38.2 Å². The zero-order valence-corrected chi connectivity index (χ0v) is 37.5. The molecule has 0 atom stereocenters. The van der Waals surface area contributed by atoms with Gasteiger partial charge in [0.1, 0.15) is 29.1 Å². The van der Waals surface area contributed by atoms with Gasteiger partial charge >= 0.3 is 12.1 Å². The standard InChI is InChI=1S/C25H23F2N5O2.C23H19BrFN5O2/c1-4-32-22-12-23(28-3)29-13-15(22)9-19(24(32)33)18-11-21(20(27)8-14(18)2)31-25(34)30-17-7-5-6-16(26)10-17;1-2-30-20-11-21(26)27-12-13(20)8-16(22(30)31)15-9-19(18(25)10-17(15)24)29-23(32)28-14-6-4-3-5-7-14/h5-13H,4H2,1-3H3,(H,28,29)(H2,30,31,34);3-12H,2H2,1H3,(H2,26,27)(H2,28,29,32). The van der Waals surface area contributed by atoms with Gasteiger partial charge in [-0.2, -0.15) is 0 Å². The molecule has 18 heteroatoms. The van der Waals surface area contributed by atoms with Crippen molar-refractivity contribution >= 4 is 84.2 Å². The fourth-order valence-electron chi connectivity index (χ4n) is 7.28. The lowest BCUT2D eigenvalue weighted by Gasteiger charge is -2.15. The molecule has 0 spiro atoms. The van der Waals surface area contributed by atoms with Gasteiger partial charge in [-0.15, -0.1) is 0 Å². The number of hydrogen-bond donors (Lipinski definition) is 6. The molecule has 0 bridgehead atoms. The van der Waals surface area contributed by atoms with Gasteiger partial charge in [0.25, 0.3) is 11.1 Å². The molecule has 0 aliphatic carbocycles.